The third-order valence-electron chi connectivity index (χ3n) is 5.36. The Balaban J connectivity index is 1.68. The number of fused-ring (bicyclic) bond motifs is 5. The first-order valence-electron chi connectivity index (χ1n) is 7.41. The van der Waals surface area contributed by atoms with Crippen molar-refractivity contribution in [3.05, 3.63) is 29.8 Å². The largest absolute Gasteiger partial charge is 0.478 e. The number of nitrogens with zero attached hydrogens (tertiary/aromatic N) is 1. The Labute approximate surface area is 149 Å². The molecular formula is C16H13Br2NO4. The van der Waals surface area contributed by atoms with Crippen molar-refractivity contribution in [3.8, 4) is 0 Å². The van der Waals surface area contributed by atoms with Gasteiger partial charge in [0.2, 0.25) is 11.8 Å². The van der Waals surface area contributed by atoms with Crippen molar-refractivity contribution >= 4 is 55.3 Å². The summed E-state index contributed by atoms with van der Waals surface area (Å²) in [5.74, 6) is -1.51. The molecule has 1 aromatic carbocycles. The maximum Gasteiger partial charge on any atom is 0.335 e. The van der Waals surface area contributed by atoms with Crippen molar-refractivity contribution in [2.75, 3.05) is 4.90 Å². The molecule has 6 atom stereocenters. The highest BCUT2D eigenvalue weighted by Gasteiger charge is 2.66. The minimum atomic E-state index is -1.03. The number of anilines is 1. The van der Waals surface area contributed by atoms with Gasteiger partial charge < -0.3 is 5.11 Å². The molecule has 2 saturated carbocycles. The molecule has 1 aliphatic heterocycles. The van der Waals surface area contributed by atoms with Gasteiger partial charge in [0.1, 0.15) is 0 Å². The van der Waals surface area contributed by atoms with Crippen molar-refractivity contribution in [1.82, 2.24) is 0 Å². The second-order valence-corrected chi connectivity index (χ2v) is 8.48. The van der Waals surface area contributed by atoms with Gasteiger partial charge in [0.05, 0.1) is 23.1 Å². The fourth-order valence-corrected chi connectivity index (χ4v) is 6.23. The lowest BCUT2D eigenvalue weighted by Crippen LogP contribution is -2.37. The first-order valence-corrected chi connectivity index (χ1v) is 9.24. The molecule has 1 N–H and O–H groups in total. The van der Waals surface area contributed by atoms with E-state index in [1.807, 2.05) is 0 Å². The zero-order chi connectivity index (χ0) is 16.5. The highest BCUT2D eigenvalue weighted by atomic mass is 79.9. The molecule has 5 nitrogen and oxygen atoms in total. The van der Waals surface area contributed by atoms with E-state index in [9.17, 15) is 14.4 Å². The van der Waals surface area contributed by atoms with E-state index in [2.05, 4.69) is 31.9 Å². The van der Waals surface area contributed by atoms with Gasteiger partial charge in [-0.1, -0.05) is 31.9 Å². The molecule has 1 heterocycles. The van der Waals surface area contributed by atoms with Gasteiger partial charge in [0.15, 0.2) is 0 Å². The van der Waals surface area contributed by atoms with Crippen LogP contribution in [0, 0.1) is 23.7 Å². The van der Waals surface area contributed by atoms with Crippen LogP contribution in [-0.4, -0.2) is 32.5 Å². The lowest BCUT2D eigenvalue weighted by molar-refractivity contribution is -0.123. The third-order valence-corrected chi connectivity index (χ3v) is 8.57. The second kappa shape index (κ2) is 5.14. The van der Waals surface area contributed by atoms with E-state index in [0.29, 0.717) is 5.69 Å². The lowest BCUT2D eigenvalue weighted by atomic mass is 9.81. The zero-order valence-electron chi connectivity index (χ0n) is 11.9. The van der Waals surface area contributed by atoms with E-state index in [4.69, 9.17) is 5.11 Å². The number of carboxylic acid groups (broad SMARTS) is 1. The van der Waals surface area contributed by atoms with Gasteiger partial charge in [-0.2, -0.15) is 0 Å². The number of hydrogen-bond acceptors (Lipinski definition) is 3. The van der Waals surface area contributed by atoms with E-state index in [-0.39, 0.29) is 50.7 Å². The molecule has 0 radical (unpaired) electrons. The van der Waals surface area contributed by atoms with Crippen LogP contribution in [0.4, 0.5) is 5.69 Å². The molecule has 23 heavy (non-hydrogen) atoms. The summed E-state index contributed by atoms with van der Waals surface area (Å²) >= 11 is 7.30. The van der Waals surface area contributed by atoms with Crippen molar-refractivity contribution in [1.29, 1.82) is 0 Å². The Morgan fingerprint density at radius 2 is 1.48 bits per heavy atom. The highest BCUT2D eigenvalue weighted by molar-refractivity contribution is 9.12. The number of carbonyl (C=O) groups is 3. The summed E-state index contributed by atoms with van der Waals surface area (Å²) in [6.45, 7) is 0. The summed E-state index contributed by atoms with van der Waals surface area (Å²) in [6, 6.07) is 5.89. The predicted molar refractivity (Wildman–Crippen MR) is 89.9 cm³/mol. The summed E-state index contributed by atoms with van der Waals surface area (Å²) in [4.78, 5) is 38.2. The van der Waals surface area contributed by atoms with Gasteiger partial charge in [-0.3, -0.25) is 14.5 Å². The number of amides is 2. The average Bonchev–Trinajstić information content (AvgIpc) is 3.12. The van der Waals surface area contributed by atoms with Crippen LogP contribution < -0.4 is 4.90 Å². The van der Waals surface area contributed by atoms with Crippen molar-refractivity contribution in [2.45, 2.75) is 16.1 Å². The van der Waals surface area contributed by atoms with E-state index < -0.39 is 5.97 Å². The van der Waals surface area contributed by atoms with E-state index in [1.54, 1.807) is 0 Å². The maximum absolute atomic E-state index is 12.8. The minimum Gasteiger partial charge on any atom is -0.478 e. The van der Waals surface area contributed by atoms with Crippen molar-refractivity contribution in [2.24, 2.45) is 23.7 Å². The summed E-state index contributed by atoms with van der Waals surface area (Å²) in [5, 5.41) is 8.95. The number of benzene rings is 1. The third kappa shape index (κ3) is 1.99. The molecular weight excluding hydrogens is 430 g/mol. The van der Waals surface area contributed by atoms with Crippen LogP contribution >= 0.6 is 31.9 Å². The zero-order valence-corrected chi connectivity index (χ0v) is 15.0. The van der Waals surface area contributed by atoms with E-state index in [1.165, 1.54) is 29.2 Å². The summed E-state index contributed by atoms with van der Waals surface area (Å²) < 4.78 is 0. The van der Waals surface area contributed by atoms with Crippen LogP contribution in [-0.2, 0) is 9.59 Å². The molecule has 2 amide bonds. The molecule has 120 valence electrons. The molecule has 3 fully saturated rings. The van der Waals surface area contributed by atoms with Crippen LogP contribution in [0.25, 0.3) is 0 Å². The number of halogens is 2. The topological polar surface area (TPSA) is 74.7 Å². The van der Waals surface area contributed by atoms with Crippen LogP contribution in [0.2, 0.25) is 0 Å². The van der Waals surface area contributed by atoms with Crippen molar-refractivity contribution < 1.29 is 19.5 Å². The minimum absolute atomic E-state index is 0.133. The smallest absolute Gasteiger partial charge is 0.335 e. The highest BCUT2D eigenvalue weighted by Crippen LogP contribution is 2.60. The first kappa shape index (κ1) is 15.3. The Morgan fingerprint density at radius 1 is 1.00 bits per heavy atom. The van der Waals surface area contributed by atoms with Gasteiger partial charge in [0, 0.05) is 9.65 Å². The van der Waals surface area contributed by atoms with Crippen LogP contribution in [0.3, 0.4) is 0 Å². The van der Waals surface area contributed by atoms with Crippen LogP contribution in [0.1, 0.15) is 16.8 Å². The molecule has 0 spiro atoms. The molecule has 0 unspecified atom stereocenters. The Kier molecular flexibility index (Phi) is 3.43. The van der Waals surface area contributed by atoms with Gasteiger partial charge >= 0.3 is 5.97 Å². The number of alkyl halides is 2. The monoisotopic (exact) mass is 441 g/mol. The van der Waals surface area contributed by atoms with Crippen molar-refractivity contribution in [3.63, 3.8) is 0 Å². The van der Waals surface area contributed by atoms with E-state index in [0.717, 1.165) is 6.42 Å². The molecule has 2 aliphatic carbocycles. The van der Waals surface area contributed by atoms with Gasteiger partial charge in [-0.25, -0.2) is 4.79 Å². The fraction of sp³-hybridized carbons (Fsp3) is 0.438. The molecule has 0 aromatic heterocycles. The van der Waals surface area contributed by atoms with Gasteiger partial charge in [-0.15, -0.1) is 0 Å². The predicted octanol–water partition coefficient (Wildman–Crippen LogP) is 2.67. The number of carboxylic acids is 1. The fourth-order valence-electron chi connectivity index (χ4n) is 4.36. The average molecular weight is 443 g/mol. The summed E-state index contributed by atoms with van der Waals surface area (Å²) in [6.07, 6.45) is 0.893. The summed E-state index contributed by atoms with van der Waals surface area (Å²) in [5.41, 5.74) is 0.588. The lowest BCUT2D eigenvalue weighted by Gasteiger charge is -2.28. The SMILES string of the molecule is O=C(O)c1ccc(N2C(=O)[C@@H]3[C@H]4C[C@@H]([C@H](Br)[C@H]4Br)[C@@H]3C2=O)cc1. The Bertz CT molecular complexity index is 687. The molecule has 2 bridgehead atoms. The molecule has 3 aliphatic rings. The Hall–Kier alpha value is -1.21. The number of hydrogen-bond donors (Lipinski definition) is 1. The van der Waals surface area contributed by atoms with E-state index >= 15 is 0 Å². The summed E-state index contributed by atoms with van der Waals surface area (Å²) in [7, 11) is 0. The standard InChI is InChI=1S/C16H13Br2NO4/c17-12-8-5-9(13(12)18)11-10(8)14(20)19(15(11)21)7-3-1-6(2-4-7)16(22)23/h1-4,8-13H,5H2,(H,22,23)/t8-,9-,10-,11+,12+,13+/m1/s1. The number of aromatic carboxylic acids is 1. The molecule has 7 heteroatoms. The molecule has 4 rings (SSSR count). The van der Waals surface area contributed by atoms with Gasteiger partial charge in [0.25, 0.3) is 0 Å². The first-order chi connectivity index (χ1) is 10.9. The van der Waals surface area contributed by atoms with Crippen LogP contribution in [0.5, 0.6) is 0 Å². The molecule has 1 aromatic rings. The quantitative estimate of drug-likeness (QED) is 0.564. The number of carbonyl (C=O) groups excluding carboxylic acids is 2. The number of rotatable bonds is 2. The molecule has 1 saturated heterocycles. The number of imide groups is 1. The normalized spacial score (nSPS) is 38.3. The van der Waals surface area contributed by atoms with Crippen LogP contribution in [0.15, 0.2) is 24.3 Å². The Morgan fingerprint density at radius 3 is 1.91 bits per heavy atom. The van der Waals surface area contributed by atoms with Gasteiger partial charge in [-0.05, 0) is 42.5 Å². The second-order valence-electron chi connectivity index (χ2n) is 6.37. The maximum atomic E-state index is 12.8.